The summed E-state index contributed by atoms with van der Waals surface area (Å²) in [4.78, 5) is 25.5. The van der Waals surface area contributed by atoms with E-state index in [1.165, 1.54) is 19.2 Å². The Kier molecular flexibility index (Phi) is 5.43. The van der Waals surface area contributed by atoms with Crippen molar-refractivity contribution >= 4 is 12.1 Å². The first-order valence-corrected chi connectivity index (χ1v) is 7.81. The molecule has 1 aliphatic rings. The lowest BCUT2D eigenvalue weighted by molar-refractivity contribution is 0.0117. The van der Waals surface area contributed by atoms with Gasteiger partial charge in [0.2, 0.25) is 0 Å². The lowest BCUT2D eigenvalue weighted by Gasteiger charge is -2.37. The van der Waals surface area contributed by atoms with Gasteiger partial charge in [-0.25, -0.2) is 14.0 Å². The Hall–Kier alpha value is -2.15. The van der Waals surface area contributed by atoms with E-state index in [-0.39, 0.29) is 11.6 Å². The van der Waals surface area contributed by atoms with Crippen LogP contribution >= 0.6 is 0 Å². The number of nitrogens with one attached hydrogen (secondary N) is 1. The topological polar surface area (TPSA) is 67.9 Å². The van der Waals surface area contributed by atoms with Crippen molar-refractivity contribution in [3.8, 4) is 0 Å². The first kappa shape index (κ1) is 18.2. The maximum atomic E-state index is 14.2. The highest BCUT2D eigenvalue weighted by Gasteiger charge is 2.32. The number of hydrogen-bond donors (Lipinski definition) is 1. The summed E-state index contributed by atoms with van der Waals surface area (Å²) < 4.78 is 24.2. The lowest BCUT2D eigenvalue weighted by Crippen LogP contribution is -2.50. The Balaban J connectivity index is 2.26. The summed E-state index contributed by atoms with van der Waals surface area (Å²) in [5.74, 6) is -1.40. The fourth-order valence-corrected chi connectivity index (χ4v) is 2.56. The molecule has 132 valence electrons. The first-order valence-electron chi connectivity index (χ1n) is 7.81. The van der Waals surface area contributed by atoms with Crippen LogP contribution in [0.25, 0.3) is 0 Å². The van der Waals surface area contributed by atoms with E-state index in [1.54, 1.807) is 31.7 Å². The van der Waals surface area contributed by atoms with Crippen molar-refractivity contribution in [2.24, 2.45) is 0 Å². The highest BCUT2D eigenvalue weighted by molar-refractivity contribution is 5.89. The molecular formula is C17H23FN2O4. The molecule has 0 aromatic heterocycles. The molecule has 0 aliphatic carbocycles. The van der Waals surface area contributed by atoms with Crippen molar-refractivity contribution in [3.63, 3.8) is 0 Å². The zero-order valence-electron chi connectivity index (χ0n) is 14.4. The smallest absolute Gasteiger partial charge is 0.410 e. The summed E-state index contributed by atoms with van der Waals surface area (Å²) in [5, 5.41) is 3.19. The van der Waals surface area contributed by atoms with E-state index >= 15 is 0 Å². The lowest BCUT2D eigenvalue weighted by atomic mass is 10.0. The van der Waals surface area contributed by atoms with E-state index in [0.29, 0.717) is 25.2 Å². The van der Waals surface area contributed by atoms with Crippen molar-refractivity contribution in [2.75, 3.05) is 26.7 Å². The maximum absolute atomic E-state index is 14.2. The Labute approximate surface area is 140 Å². The zero-order chi connectivity index (χ0) is 17.9. The average Bonchev–Trinajstić information content (AvgIpc) is 2.52. The zero-order valence-corrected chi connectivity index (χ0v) is 14.4. The summed E-state index contributed by atoms with van der Waals surface area (Å²) in [6, 6.07) is 3.90. The van der Waals surface area contributed by atoms with Crippen LogP contribution in [0.15, 0.2) is 18.2 Å². The quantitative estimate of drug-likeness (QED) is 0.839. The van der Waals surface area contributed by atoms with Crippen molar-refractivity contribution in [3.05, 3.63) is 35.1 Å². The molecule has 1 N–H and O–H groups in total. The maximum Gasteiger partial charge on any atom is 0.410 e. The van der Waals surface area contributed by atoms with Crippen LogP contribution in [0.1, 0.15) is 42.7 Å². The third-order valence-corrected chi connectivity index (χ3v) is 3.65. The highest BCUT2D eigenvalue weighted by Crippen LogP contribution is 2.26. The third kappa shape index (κ3) is 4.23. The standard InChI is InChI=1S/C17H23FN2O4/c1-17(2,3)24-16(22)20-8-7-19-10-14(20)11-5-6-12(13(18)9-11)15(21)23-4/h5-6,9,14,19H,7-8,10H2,1-4H3. The predicted molar refractivity (Wildman–Crippen MR) is 86.3 cm³/mol. The number of hydrogen-bond acceptors (Lipinski definition) is 5. The monoisotopic (exact) mass is 338 g/mol. The molecule has 0 radical (unpaired) electrons. The van der Waals surface area contributed by atoms with Crippen molar-refractivity contribution in [1.82, 2.24) is 10.2 Å². The minimum atomic E-state index is -0.732. The van der Waals surface area contributed by atoms with E-state index in [0.717, 1.165) is 0 Å². The molecule has 1 unspecified atom stereocenters. The summed E-state index contributed by atoms with van der Waals surface area (Å²) in [7, 11) is 1.20. The number of ether oxygens (including phenoxy) is 2. The number of amides is 1. The van der Waals surface area contributed by atoms with Crippen molar-refractivity contribution in [2.45, 2.75) is 32.4 Å². The highest BCUT2D eigenvalue weighted by atomic mass is 19.1. The van der Waals surface area contributed by atoms with Crippen LogP contribution in [0, 0.1) is 5.82 Å². The molecule has 1 saturated heterocycles. The molecule has 6 nitrogen and oxygen atoms in total. The largest absolute Gasteiger partial charge is 0.465 e. The third-order valence-electron chi connectivity index (χ3n) is 3.65. The average molecular weight is 338 g/mol. The molecule has 0 spiro atoms. The fourth-order valence-electron chi connectivity index (χ4n) is 2.56. The number of carbonyl (C=O) groups is 2. The number of benzene rings is 1. The summed E-state index contributed by atoms with van der Waals surface area (Å²) in [5.41, 5.74) is -0.140. The van der Waals surface area contributed by atoms with Crippen LogP contribution in [0.4, 0.5) is 9.18 Å². The number of nitrogens with zero attached hydrogens (tertiary/aromatic N) is 1. The molecule has 0 bridgehead atoms. The van der Waals surface area contributed by atoms with Gasteiger partial charge in [0, 0.05) is 19.6 Å². The van der Waals surface area contributed by atoms with Crippen LogP contribution < -0.4 is 5.32 Å². The summed E-state index contributed by atoms with van der Waals surface area (Å²) >= 11 is 0. The molecule has 1 fully saturated rings. The van der Waals surface area contributed by atoms with Crippen LogP contribution in [0.5, 0.6) is 0 Å². The SMILES string of the molecule is COC(=O)c1ccc(C2CNCCN2C(=O)OC(C)(C)C)cc1F. The van der Waals surface area contributed by atoms with E-state index < -0.39 is 23.5 Å². The van der Waals surface area contributed by atoms with Gasteiger partial charge in [0.1, 0.15) is 11.4 Å². The van der Waals surface area contributed by atoms with Gasteiger partial charge in [-0.3, -0.25) is 4.90 Å². The first-order chi connectivity index (χ1) is 11.2. The van der Waals surface area contributed by atoms with Gasteiger partial charge in [0.15, 0.2) is 0 Å². The Morgan fingerprint density at radius 2 is 2.04 bits per heavy atom. The molecule has 1 aliphatic heterocycles. The number of esters is 1. The molecule has 1 heterocycles. The van der Waals surface area contributed by atoms with Gasteiger partial charge in [-0.1, -0.05) is 6.07 Å². The molecule has 1 aromatic carbocycles. The molecule has 7 heteroatoms. The van der Waals surface area contributed by atoms with Crippen LogP contribution in [0.3, 0.4) is 0 Å². The number of rotatable bonds is 2. The van der Waals surface area contributed by atoms with Gasteiger partial charge in [0.05, 0.1) is 18.7 Å². The van der Waals surface area contributed by atoms with E-state index in [2.05, 4.69) is 10.1 Å². The molecule has 1 aromatic rings. The van der Waals surface area contributed by atoms with Gasteiger partial charge < -0.3 is 14.8 Å². The normalized spacial score (nSPS) is 18.2. The van der Waals surface area contributed by atoms with Gasteiger partial charge in [-0.2, -0.15) is 0 Å². The number of methoxy groups -OCH3 is 1. The van der Waals surface area contributed by atoms with Gasteiger partial charge in [0.25, 0.3) is 0 Å². The van der Waals surface area contributed by atoms with Crippen LogP contribution in [-0.4, -0.2) is 49.3 Å². The van der Waals surface area contributed by atoms with Crippen LogP contribution in [0.2, 0.25) is 0 Å². The molecule has 1 amide bonds. The minimum Gasteiger partial charge on any atom is -0.465 e. The fraction of sp³-hybridized carbons (Fsp3) is 0.529. The molecule has 1 atom stereocenters. The summed E-state index contributed by atoms with van der Waals surface area (Å²) in [6.07, 6.45) is -0.438. The molecular weight excluding hydrogens is 315 g/mol. The van der Waals surface area contributed by atoms with Crippen LogP contribution in [-0.2, 0) is 9.47 Å². The van der Waals surface area contributed by atoms with Crippen molar-refractivity contribution < 1.29 is 23.5 Å². The predicted octanol–water partition coefficient (Wildman–Crippen LogP) is 2.49. The Morgan fingerprint density at radius 1 is 1.33 bits per heavy atom. The Bertz CT molecular complexity index is 628. The van der Waals surface area contributed by atoms with Gasteiger partial charge in [-0.05, 0) is 38.5 Å². The van der Waals surface area contributed by atoms with E-state index in [9.17, 15) is 14.0 Å². The molecule has 24 heavy (non-hydrogen) atoms. The second kappa shape index (κ2) is 7.17. The second-order valence-corrected chi connectivity index (χ2v) is 6.62. The number of carbonyl (C=O) groups excluding carboxylic acids is 2. The molecule has 0 saturated carbocycles. The number of piperazine rings is 1. The van der Waals surface area contributed by atoms with Gasteiger partial charge in [-0.15, -0.1) is 0 Å². The van der Waals surface area contributed by atoms with Crippen molar-refractivity contribution in [1.29, 1.82) is 0 Å². The minimum absolute atomic E-state index is 0.131. The van der Waals surface area contributed by atoms with E-state index in [4.69, 9.17) is 4.74 Å². The summed E-state index contributed by atoms with van der Waals surface area (Å²) in [6.45, 7) is 6.97. The number of halogens is 1. The van der Waals surface area contributed by atoms with E-state index in [1.807, 2.05) is 0 Å². The van der Waals surface area contributed by atoms with Gasteiger partial charge >= 0.3 is 12.1 Å². The second-order valence-electron chi connectivity index (χ2n) is 6.62. The molecule has 2 rings (SSSR count). The Morgan fingerprint density at radius 3 is 2.62 bits per heavy atom.